The molecule has 25 heavy (non-hydrogen) atoms. The standard InChI is InChI=1S/C15H15F3N4O2S/c16-15(17,18)12-3-1-4-13(11-12)25(23,24)22-9-7-21(8-10-22)14-5-2-6-19-20-14/h1-6,11H,7-10H2. The monoisotopic (exact) mass is 372 g/mol. The molecule has 1 aliphatic heterocycles. The average molecular weight is 372 g/mol. The minimum atomic E-state index is -4.59. The number of aromatic nitrogens is 2. The van der Waals surface area contributed by atoms with Crippen molar-refractivity contribution in [3.8, 4) is 0 Å². The van der Waals surface area contributed by atoms with Crippen molar-refractivity contribution in [3.05, 3.63) is 48.2 Å². The maximum Gasteiger partial charge on any atom is 0.416 e. The van der Waals surface area contributed by atoms with E-state index in [4.69, 9.17) is 0 Å². The van der Waals surface area contributed by atoms with Crippen LogP contribution in [0.4, 0.5) is 19.0 Å². The second-order valence-corrected chi connectivity index (χ2v) is 7.44. The van der Waals surface area contributed by atoms with Crippen LogP contribution in [0, 0.1) is 0 Å². The second-order valence-electron chi connectivity index (χ2n) is 5.50. The van der Waals surface area contributed by atoms with Gasteiger partial charge < -0.3 is 4.90 Å². The Morgan fingerprint density at radius 1 is 1.00 bits per heavy atom. The Labute approximate surface area is 142 Å². The number of benzene rings is 1. The summed E-state index contributed by atoms with van der Waals surface area (Å²) in [5.74, 6) is 0.638. The summed E-state index contributed by atoms with van der Waals surface area (Å²) in [7, 11) is -3.98. The van der Waals surface area contributed by atoms with E-state index in [1.807, 2.05) is 4.90 Å². The van der Waals surface area contributed by atoms with Crippen LogP contribution in [-0.2, 0) is 16.2 Å². The number of sulfonamides is 1. The predicted molar refractivity (Wildman–Crippen MR) is 84.4 cm³/mol. The topological polar surface area (TPSA) is 66.4 Å². The molecule has 0 amide bonds. The van der Waals surface area contributed by atoms with Gasteiger partial charge in [-0.2, -0.15) is 22.6 Å². The molecule has 0 unspecified atom stereocenters. The molecule has 0 N–H and O–H groups in total. The number of nitrogens with zero attached hydrogens (tertiary/aromatic N) is 4. The van der Waals surface area contributed by atoms with Gasteiger partial charge >= 0.3 is 6.18 Å². The van der Waals surface area contributed by atoms with Gasteiger partial charge in [0, 0.05) is 32.4 Å². The van der Waals surface area contributed by atoms with Crippen LogP contribution in [0.1, 0.15) is 5.56 Å². The van der Waals surface area contributed by atoms with Gasteiger partial charge in [-0.15, -0.1) is 5.10 Å². The largest absolute Gasteiger partial charge is 0.416 e. The smallest absolute Gasteiger partial charge is 0.352 e. The summed E-state index contributed by atoms with van der Waals surface area (Å²) in [6.45, 7) is 1.10. The SMILES string of the molecule is O=S(=O)(c1cccc(C(F)(F)F)c1)N1CCN(c2cccnn2)CC1. The molecule has 1 saturated heterocycles. The van der Waals surface area contributed by atoms with Gasteiger partial charge in [-0.25, -0.2) is 8.42 Å². The molecule has 0 bridgehead atoms. The highest BCUT2D eigenvalue weighted by Gasteiger charge is 2.34. The fourth-order valence-electron chi connectivity index (χ4n) is 2.60. The van der Waals surface area contributed by atoms with Gasteiger partial charge in [0.15, 0.2) is 5.82 Å². The first-order chi connectivity index (χ1) is 11.8. The number of rotatable bonds is 3. The van der Waals surface area contributed by atoms with Crippen molar-refractivity contribution in [1.29, 1.82) is 0 Å². The number of piperazine rings is 1. The average Bonchev–Trinajstić information content (AvgIpc) is 2.62. The van der Waals surface area contributed by atoms with Gasteiger partial charge in [0.2, 0.25) is 10.0 Å². The Kier molecular flexibility index (Phi) is 4.65. The summed E-state index contributed by atoms with van der Waals surface area (Å²) < 4.78 is 64.9. The Bertz CT molecular complexity index is 835. The lowest BCUT2D eigenvalue weighted by Crippen LogP contribution is -2.49. The summed E-state index contributed by atoms with van der Waals surface area (Å²) >= 11 is 0. The molecule has 3 rings (SSSR count). The van der Waals surface area contributed by atoms with E-state index in [0.717, 1.165) is 12.1 Å². The maximum atomic E-state index is 12.8. The zero-order valence-electron chi connectivity index (χ0n) is 13.0. The van der Waals surface area contributed by atoms with Crippen molar-refractivity contribution in [2.45, 2.75) is 11.1 Å². The number of hydrogen-bond acceptors (Lipinski definition) is 5. The van der Waals surface area contributed by atoms with Crippen LogP contribution in [0.25, 0.3) is 0 Å². The molecule has 1 fully saturated rings. The van der Waals surface area contributed by atoms with Gasteiger partial charge in [-0.3, -0.25) is 0 Å². The molecule has 134 valence electrons. The fourth-order valence-corrected chi connectivity index (χ4v) is 4.07. The van der Waals surface area contributed by atoms with Crippen LogP contribution >= 0.6 is 0 Å². The van der Waals surface area contributed by atoms with Crippen LogP contribution in [-0.4, -0.2) is 49.1 Å². The minimum absolute atomic E-state index is 0.162. The maximum absolute atomic E-state index is 12.8. The first kappa shape index (κ1) is 17.6. The van der Waals surface area contributed by atoms with E-state index in [-0.39, 0.29) is 18.0 Å². The molecule has 2 aromatic rings. The lowest BCUT2D eigenvalue weighted by atomic mass is 10.2. The van der Waals surface area contributed by atoms with Crippen molar-refractivity contribution in [1.82, 2.24) is 14.5 Å². The van der Waals surface area contributed by atoms with Crippen molar-refractivity contribution in [3.63, 3.8) is 0 Å². The normalized spacial score (nSPS) is 16.8. The molecular weight excluding hydrogens is 357 g/mol. The van der Waals surface area contributed by atoms with Crippen molar-refractivity contribution < 1.29 is 21.6 Å². The van der Waals surface area contributed by atoms with E-state index >= 15 is 0 Å². The third-order valence-electron chi connectivity index (χ3n) is 3.92. The Morgan fingerprint density at radius 2 is 1.72 bits per heavy atom. The molecule has 0 spiro atoms. The van der Waals surface area contributed by atoms with Gasteiger partial charge in [0.05, 0.1) is 10.5 Å². The Morgan fingerprint density at radius 3 is 2.32 bits per heavy atom. The first-order valence-corrected chi connectivity index (χ1v) is 8.92. The predicted octanol–water partition coefficient (Wildman–Crippen LogP) is 2.01. The van der Waals surface area contributed by atoms with E-state index in [0.29, 0.717) is 25.0 Å². The molecule has 0 atom stereocenters. The van der Waals surface area contributed by atoms with E-state index < -0.39 is 21.8 Å². The van der Waals surface area contributed by atoms with Crippen molar-refractivity contribution in [2.75, 3.05) is 31.1 Å². The number of anilines is 1. The molecule has 6 nitrogen and oxygen atoms in total. The number of alkyl halides is 3. The highest BCUT2D eigenvalue weighted by Crippen LogP contribution is 2.31. The summed E-state index contributed by atoms with van der Waals surface area (Å²) in [4.78, 5) is 1.53. The molecule has 1 aromatic heterocycles. The second kappa shape index (κ2) is 6.60. The molecule has 0 radical (unpaired) electrons. The quantitative estimate of drug-likeness (QED) is 0.825. The molecule has 0 aliphatic carbocycles. The van der Waals surface area contributed by atoms with Crippen LogP contribution in [0.2, 0.25) is 0 Å². The third-order valence-corrected chi connectivity index (χ3v) is 5.81. The summed E-state index contributed by atoms with van der Waals surface area (Å²) in [5.41, 5.74) is -0.980. The highest BCUT2D eigenvalue weighted by molar-refractivity contribution is 7.89. The zero-order valence-corrected chi connectivity index (χ0v) is 13.8. The lowest BCUT2D eigenvalue weighted by Gasteiger charge is -2.34. The lowest BCUT2D eigenvalue weighted by molar-refractivity contribution is -0.137. The van der Waals surface area contributed by atoms with Crippen LogP contribution in [0.3, 0.4) is 0 Å². The molecule has 2 heterocycles. The highest BCUT2D eigenvalue weighted by atomic mass is 32.2. The zero-order chi connectivity index (χ0) is 18.1. The fraction of sp³-hybridized carbons (Fsp3) is 0.333. The molecule has 10 heteroatoms. The van der Waals surface area contributed by atoms with E-state index in [1.54, 1.807) is 12.1 Å². The molecule has 1 aliphatic rings. The van der Waals surface area contributed by atoms with Crippen molar-refractivity contribution >= 4 is 15.8 Å². The third kappa shape index (κ3) is 3.74. The van der Waals surface area contributed by atoms with Crippen molar-refractivity contribution in [2.24, 2.45) is 0 Å². The van der Waals surface area contributed by atoms with Gasteiger partial charge in [-0.1, -0.05) is 6.07 Å². The van der Waals surface area contributed by atoms with Gasteiger partial charge in [0.1, 0.15) is 0 Å². The van der Waals surface area contributed by atoms with E-state index in [9.17, 15) is 21.6 Å². The first-order valence-electron chi connectivity index (χ1n) is 7.48. The summed E-state index contributed by atoms with van der Waals surface area (Å²) in [6.07, 6.45) is -3.05. The summed E-state index contributed by atoms with van der Waals surface area (Å²) in [5, 5.41) is 7.75. The minimum Gasteiger partial charge on any atom is -0.352 e. The number of halogens is 3. The van der Waals surface area contributed by atoms with Gasteiger partial charge in [-0.05, 0) is 30.3 Å². The van der Waals surface area contributed by atoms with E-state index in [1.165, 1.54) is 16.6 Å². The Balaban J connectivity index is 1.76. The molecule has 0 saturated carbocycles. The molecular formula is C15H15F3N4O2S. The summed E-state index contributed by atoms with van der Waals surface area (Å²) in [6, 6.07) is 7.30. The Hall–Kier alpha value is -2.20. The number of hydrogen-bond donors (Lipinski definition) is 0. The van der Waals surface area contributed by atoms with E-state index in [2.05, 4.69) is 10.2 Å². The van der Waals surface area contributed by atoms with Crippen LogP contribution in [0.15, 0.2) is 47.5 Å². The van der Waals surface area contributed by atoms with Gasteiger partial charge in [0.25, 0.3) is 0 Å². The molecule has 1 aromatic carbocycles. The van der Waals surface area contributed by atoms with Crippen LogP contribution < -0.4 is 4.90 Å². The van der Waals surface area contributed by atoms with Crippen LogP contribution in [0.5, 0.6) is 0 Å².